The molecule has 1 aromatic carbocycles. The normalized spacial score (nSPS) is 14.4. The minimum absolute atomic E-state index is 0.286. The van der Waals surface area contributed by atoms with Crippen LogP contribution >= 0.6 is 0 Å². The smallest absolute Gasteiger partial charge is 0.196 e. The Morgan fingerprint density at radius 3 is 2.23 bits per heavy atom. The summed E-state index contributed by atoms with van der Waals surface area (Å²) in [6.45, 7) is 14.0. The quantitative estimate of drug-likeness (QED) is 0.483. The highest BCUT2D eigenvalue weighted by Crippen LogP contribution is 2.36. The number of furan rings is 1. The average Bonchev–Trinajstić information content (AvgIpc) is 3.06. The summed E-state index contributed by atoms with van der Waals surface area (Å²) in [5.41, 5.74) is 1.70. The number of benzene rings is 1. The van der Waals surface area contributed by atoms with Gasteiger partial charge in [0.25, 0.3) is 0 Å². The van der Waals surface area contributed by atoms with Crippen LogP contribution in [0.5, 0.6) is 5.75 Å². The van der Waals surface area contributed by atoms with Gasteiger partial charge in [-0.25, -0.2) is 0 Å². The Bertz CT molecular complexity index is 620. The Morgan fingerprint density at radius 1 is 1.00 bits per heavy atom. The molecule has 0 radical (unpaired) electrons. The van der Waals surface area contributed by atoms with Crippen molar-refractivity contribution in [3.8, 4) is 5.75 Å². The summed E-state index contributed by atoms with van der Waals surface area (Å²) >= 11 is 0. The van der Waals surface area contributed by atoms with Crippen LogP contribution in [0.25, 0.3) is 0 Å². The molecule has 144 valence electrons. The van der Waals surface area contributed by atoms with E-state index in [-0.39, 0.29) is 6.29 Å². The predicted molar refractivity (Wildman–Crippen MR) is 107 cm³/mol. The lowest BCUT2D eigenvalue weighted by atomic mass is 9.76. The van der Waals surface area contributed by atoms with Gasteiger partial charge in [0.2, 0.25) is 0 Å². The molecule has 0 aliphatic carbocycles. The average molecular weight is 359 g/mol. The van der Waals surface area contributed by atoms with Crippen molar-refractivity contribution in [2.45, 2.75) is 66.6 Å². The van der Waals surface area contributed by atoms with Crippen LogP contribution in [0.3, 0.4) is 0 Å². The summed E-state index contributed by atoms with van der Waals surface area (Å²) in [7, 11) is 0. The van der Waals surface area contributed by atoms with E-state index in [1.54, 1.807) is 6.26 Å². The molecule has 0 bridgehead atoms. The van der Waals surface area contributed by atoms with Crippen molar-refractivity contribution in [3.05, 3.63) is 54.0 Å². The van der Waals surface area contributed by atoms with Gasteiger partial charge in [-0.3, -0.25) is 0 Å². The molecule has 3 nitrogen and oxygen atoms in total. The molecule has 0 saturated heterocycles. The van der Waals surface area contributed by atoms with Crippen LogP contribution in [0, 0.1) is 11.3 Å². The maximum Gasteiger partial charge on any atom is 0.196 e. The fourth-order valence-electron chi connectivity index (χ4n) is 3.20. The van der Waals surface area contributed by atoms with Crippen molar-refractivity contribution >= 4 is 0 Å². The SMILES string of the molecule is CC(OCCc1ccco1)Oc1ccc(C(CC(C)(C)C)C(C)C)cc1. The third-order valence-electron chi connectivity index (χ3n) is 4.53. The van der Waals surface area contributed by atoms with Gasteiger partial charge in [-0.2, -0.15) is 0 Å². The molecule has 1 aromatic heterocycles. The molecule has 0 aliphatic rings. The Labute approximate surface area is 158 Å². The van der Waals surface area contributed by atoms with Crippen LogP contribution in [0.1, 0.15) is 65.2 Å². The van der Waals surface area contributed by atoms with Crippen LogP contribution < -0.4 is 4.74 Å². The highest BCUT2D eigenvalue weighted by atomic mass is 16.7. The van der Waals surface area contributed by atoms with Gasteiger partial charge in [-0.05, 0) is 60.4 Å². The first-order valence-corrected chi connectivity index (χ1v) is 9.65. The zero-order chi connectivity index (χ0) is 19.2. The van der Waals surface area contributed by atoms with E-state index in [9.17, 15) is 0 Å². The van der Waals surface area contributed by atoms with E-state index in [0.717, 1.165) is 17.9 Å². The van der Waals surface area contributed by atoms with Crippen LogP contribution in [0.15, 0.2) is 47.1 Å². The van der Waals surface area contributed by atoms with Crippen molar-refractivity contribution in [3.63, 3.8) is 0 Å². The monoisotopic (exact) mass is 358 g/mol. The fraction of sp³-hybridized carbons (Fsp3) is 0.565. The second-order valence-electron chi connectivity index (χ2n) is 8.57. The van der Waals surface area contributed by atoms with E-state index in [1.165, 1.54) is 12.0 Å². The Kier molecular flexibility index (Phi) is 7.33. The van der Waals surface area contributed by atoms with Gasteiger partial charge >= 0.3 is 0 Å². The van der Waals surface area contributed by atoms with Gasteiger partial charge in [-0.1, -0.05) is 46.8 Å². The van der Waals surface area contributed by atoms with Gasteiger partial charge in [0.1, 0.15) is 11.5 Å². The number of ether oxygens (including phenoxy) is 2. The molecule has 2 unspecified atom stereocenters. The maximum atomic E-state index is 5.88. The molecule has 0 fully saturated rings. The third kappa shape index (κ3) is 6.87. The van der Waals surface area contributed by atoms with Crippen molar-refractivity contribution in [2.24, 2.45) is 11.3 Å². The molecule has 2 atom stereocenters. The van der Waals surface area contributed by atoms with E-state index < -0.39 is 0 Å². The molecule has 0 spiro atoms. The number of rotatable bonds is 9. The third-order valence-corrected chi connectivity index (χ3v) is 4.53. The van der Waals surface area contributed by atoms with Crippen molar-refractivity contribution in [1.29, 1.82) is 0 Å². The Morgan fingerprint density at radius 2 is 1.69 bits per heavy atom. The summed E-state index contributed by atoms with van der Waals surface area (Å²) < 4.78 is 16.9. The van der Waals surface area contributed by atoms with Crippen LogP contribution in [-0.4, -0.2) is 12.9 Å². The Balaban J connectivity index is 1.87. The maximum absolute atomic E-state index is 5.88. The van der Waals surface area contributed by atoms with E-state index in [0.29, 0.717) is 23.9 Å². The molecule has 0 amide bonds. The highest BCUT2D eigenvalue weighted by molar-refractivity contribution is 5.30. The first kappa shape index (κ1) is 20.6. The lowest BCUT2D eigenvalue weighted by Gasteiger charge is -2.29. The van der Waals surface area contributed by atoms with E-state index in [2.05, 4.69) is 58.9 Å². The van der Waals surface area contributed by atoms with Gasteiger partial charge in [-0.15, -0.1) is 0 Å². The Hall–Kier alpha value is -1.74. The number of hydrogen-bond acceptors (Lipinski definition) is 3. The van der Waals surface area contributed by atoms with Crippen LogP contribution in [0.4, 0.5) is 0 Å². The second kappa shape index (κ2) is 9.27. The van der Waals surface area contributed by atoms with Crippen molar-refractivity contribution < 1.29 is 13.9 Å². The molecule has 0 N–H and O–H groups in total. The summed E-state index contributed by atoms with van der Waals surface area (Å²) in [6.07, 6.45) is 3.33. The van der Waals surface area contributed by atoms with Gasteiger partial charge in [0.15, 0.2) is 6.29 Å². The molecule has 2 rings (SSSR count). The summed E-state index contributed by atoms with van der Waals surface area (Å²) in [4.78, 5) is 0. The van der Waals surface area contributed by atoms with Crippen molar-refractivity contribution in [2.75, 3.05) is 6.61 Å². The van der Waals surface area contributed by atoms with E-state index >= 15 is 0 Å². The van der Waals surface area contributed by atoms with E-state index in [4.69, 9.17) is 13.9 Å². The lowest BCUT2D eigenvalue weighted by Crippen LogP contribution is -2.18. The first-order valence-electron chi connectivity index (χ1n) is 9.65. The fourth-order valence-corrected chi connectivity index (χ4v) is 3.20. The minimum atomic E-state index is -0.286. The molecule has 1 heterocycles. The van der Waals surface area contributed by atoms with Crippen molar-refractivity contribution in [1.82, 2.24) is 0 Å². The first-order chi connectivity index (χ1) is 12.2. The number of hydrogen-bond donors (Lipinski definition) is 0. The van der Waals surface area contributed by atoms with E-state index in [1.807, 2.05) is 19.1 Å². The highest BCUT2D eigenvalue weighted by Gasteiger charge is 2.23. The van der Waals surface area contributed by atoms with Gasteiger partial charge < -0.3 is 13.9 Å². The molecular formula is C23H34O3. The summed E-state index contributed by atoms with van der Waals surface area (Å²) in [5.74, 6) is 2.95. The molecule has 3 heteroatoms. The molecular weight excluding hydrogens is 324 g/mol. The minimum Gasteiger partial charge on any atom is -0.469 e. The van der Waals surface area contributed by atoms with Gasteiger partial charge in [0, 0.05) is 6.42 Å². The second-order valence-corrected chi connectivity index (χ2v) is 8.57. The predicted octanol–water partition coefficient (Wildman–Crippen LogP) is 6.44. The zero-order valence-corrected chi connectivity index (χ0v) is 17.1. The zero-order valence-electron chi connectivity index (χ0n) is 17.1. The molecule has 0 saturated carbocycles. The van der Waals surface area contributed by atoms with Crippen LogP contribution in [0.2, 0.25) is 0 Å². The molecule has 2 aromatic rings. The standard InChI is InChI=1S/C23H34O3/c1-17(2)22(16-23(4,5)6)19-9-11-21(12-10-19)26-18(3)24-15-13-20-8-7-14-25-20/h7-12,14,17-18,22H,13,15-16H2,1-6H3. The largest absolute Gasteiger partial charge is 0.469 e. The van der Waals surface area contributed by atoms with Crippen LogP contribution in [-0.2, 0) is 11.2 Å². The molecule has 0 aliphatic heterocycles. The summed E-state index contributed by atoms with van der Waals surface area (Å²) in [6, 6.07) is 12.3. The van der Waals surface area contributed by atoms with Gasteiger partial charge in [0.05, 0.1) is 12.9 Å². The summed E-state index contributed by atoms with van der Waals surface area (Å²) in [5, 5.41) is 0. The molecule has 26 heavy (non-hydrogen) atoms. The lowest BCUT2D eigenvalue weighted by molar-refractivity contribution is -0.0662. The topological polar surface area (TPSA) is 31.6 Å².